The Balaban J connectivity index is 2.02. The molecular weight excluding hydrogens is 274 g/mol. The van der Waals surface area contributed by atoms with Crippen molar-refractivity contribution in [3.05, 3.63) is 35.9 Å². The highest BCUT2D eigenvalue weighted by Crippen LogP contribution is 2.28. The third-order valence-electron chi connectivity index (χ3n) is 4.40. The smallest absolute Gasteiger partial charge is 0.307 e. The molecule has 2 atom stereocenters. The molecule has 0 aromatic heterocycles. The van der Waals surface area contributed by atoms with Crippen LogP contribution >= 0.6 is 0 Å². The van der Waals surface area contributed by atoms with Crippen molar-refractivity contribution in [3.8, 4) is 0 Å². The minimum absolute atomic E-state index is 0.0234. The van der Waals surface area contributed by atoms with Gasteiger partial charge in [0, 0.05) is 6.04 Å². The molecule has 0 spiro atoms. The van der Waals surface area contributed by atoms with E-state index in [1.54, 1.807) is 0 Å². The molecule has 1 aliphatic rings. The minimum atomic E-state index is -0.0691. The molecule has 22 heavy (non-hydrogen) atoms. The Morgan fingerprint density at radius 1 is 1.18 bits per heavy atom. The van der Waals surface area contributed by atoms with Crippen molar-refractivity contribution in [3.63, 3.8) is 0 Å². The number of esters is 1. The molecule has 0 N–H and O–H groups in total. The van der Waals surface area contributed by atoms with Crippen molar-refractivity contribution in [2.75, 3.05) is 13.1 Å². The number of nitrogens with zero attached hydrogens (tertiary/aromatic N) is 1. The number of likely N-dealkylation sites (tertiary alicyclic amines) is 1. The molecule has 0 radical (unpaired) electrons. The summed E-state index contributed by atoms with van der Waals surface area (Å²) in [6.07, 6.45) is 6.22. The molecule has 2 rings (SSSR count). The third-order valence-corrected chi connectivity index (χ3v) is 4.40. The number of benzene rings is 1. The first-order valence-electron chi connectivity index (χ1n) is 8.69. The first kappa shape index (κ1) is 17.0. The van der Waals surface area contributed by atoms with Crippen LogP contribution in [-0.4, -0.2) is 30.1 Å². The van der Waals surface area contributed by atoms with Crippen LogP contribution in [0.2, 0.25) is 0 Å². The van der Waals surface area contributed by atoms with E-state index in [-0.39, 0.29) is 18.1 Å². The molecule has 1 aromatic rings. The molecule has 1 heterocycles. The number of rotatable bonds is 7. The lowest BCUT2D eigenvalue weighted by Crippen LogP contribution is -2.35. The molecule has 1 aliphatic heterocycles. The summed E-state index contributed by atoms with van der Waals surface area (Å²) in [7, 11) is 0. The maximum absolute atomic E-state index is 12.3. The van der Waals surface area contributed by atoms with Gasteiger partial charge in [0.2, 0.25) is 0 Å². The molecule has 1 fully saturated rings. The van der Waals surface area contributed by atoms with Crippen LogP contribution in [0.15, 0.2) is 30.3 Å². The van der Waals surface area contributed by atoms with Gasteiger partial charge in [-0.3, -0.25) is 9.69 Å². The summed E-state index contributed by atoms with van der Waals surface area (Å²) in [5.74, 6) is -0.0691. The topological polar surface area (TPSA) is 29.5 Å². The SMILES string of the molecule is CCC[C@H](C)OC(=O)C[C@@H](c1ccccc1)N1CCCCC1. The Morgan fingerprint density at radius 2 is 1.86 bits per heavy atom. The highest BCUT2D eigenvalue weighted by molar-refractivity contribution is 5.70. The van der Waals surface area contributed by atoms with Gasteiger partial charge >= 0.3 is 5.97 Å². The molecule has 3 heteroatoms. The summed E-state index contributed by atoms with van der Waals surface area (Å²) < 4.78 is 5.57. The van der Waals surface area contributed by atoms with Crippen molar-refractivity contribution in [2.24, 2.45) is 0 Å². The summed E-state index contributed by atoms with van der Waals surface area (Å²) in [6, 6.07) is 10.5. The van der Waals surface area contributed by atoms with Gasteiger partial charge in [0.05, 0.1) is 12.5 Å². The second kappa shape index (κ2) is 8.94. The largest absolute Gasteiger partial charge is 0.463 e. The Morgan fingerprint density at radius 3 is 2.50 bits per heavy atom. The first-order valence-corrected chi connectivity index (χ1v) is 8.69. The van der Waals surface area contributed by atoms with Crippen LogP contribution in [0, 0.1) is 0 Å². The normalized spacial score (nSPS) is 18.6. The van der Waals surface area contributed by atoms with E-state index in [2.05, 4.69) is 36.1 Å². The van der Waals surface area contributed by atoms with Crippen LogP contribution in [0.5, 0.6) is 0 Å². The number of piperidine rings is 1. The predicted molar refractivity (Wildman–Crippen MR) is 89.7 cm³/mol. The number of hydrogen-bond acceptors (Lipinski definition) is 3. The molecule has 1 saturated heterocycles. The van der Waals surface area contributed by atoms with Gasteiger partial charge in [-0.25, -0.2) is 0 Å². The van der Waals surface area contributed by atoms with E-state index in [1.807, 2.05) is 13.0 Å². The van der Waals surface area contributed by atoms with Crippen molar-refractivity contribution in [2.45, 2.75) is 64.5 Å². The van der Waals surface area contributed by atoms with Crippen molar-refractivity contribution < 1.29 is 9.53 Å². The van der Waals surface area contributed by atoms with Gasteiger partial charge in [-0.05, 0) is 44.8 Å². The molecule has 0 amide bonds. The lowest BCUT2D eigenvalue weighted by atomic mass is 9.99. The molecule has 3 nitrogen and oxygen atoms in total. The van der Waals surface area contributed by atoms with Crippen LogP contribution in [0.1, 0.15) is 64.0 Å². The molecule has 1 aromatic carbocycles. The lowest BCUT2D eigenvalue weighted by Gasteiger charge is -2.34. The molecule has 0 bridgehead atoms. The fourth-order valence-electron chi connectivity index (χ4n) is 3.26. The maximum Gasteiger partial charge on any atom is 0.307 e. The van der Waals surface area contributed by atoms with E-state index in [4.69, 9.17) is 4.74 Å². The molecule has 0 saturated carbocycles. The molecular formula is C19H29NO2. The van der Waals surface area contributed by atoms with Gasteiger partial charge in [0.25, 0.3) is 0 Å². The van der Waals surface area contributed by atoms with Gasteiger partial charge in [0.15, 0.2) is 0 Å². The van der Waals surface area contributed by atoms with Gasteiger partial charge in [-0.1, -0.05) is 50.1 Å². The number of carbonyl (C=O) groups is 1. The van der Waals surface area contributed by atoms with E-state index >= 15 is 0 Å². The molecule has 0 unspecified atom stereocenters. The van der Waals surface area contributed by atoms with Crippen LogP contribution < -0.4 is 0 Å². The summed E-state index contributed by atoms with van der Waals surface area (Å²) in [5.41, 5.74) is 1.23. The van der Waals surface area contributed by atoms with E-state index in [1.165, 1.54) is 24.8 Å². The van der Waals surface area contributed by atoms with Crippen LogP contribution in [-0.2, 0) is 9.53 Å². The summed E-state index contributed by atoms with van der Waals surface area (Å²) >= 11 is 0. The summed E-state index contributed by atoms with van der Waals surface area (Å²) in [4.78, 5) is 14.8. The zero-order valence-corrected chi connectivity index (χ0v) is 14.0. The highest BCUT2D eigenvalue weighted by atomic mass is 16.5. The van der Waals surface area contributed by atoms with Crippen molar-refractivity contribution >= 4 is 5.97 Å². The van der Waals surface area contributed by atoms with Crippen molar-refractivity contribution in [1.82, 2.24) is 4.90 Å². The van der Waals surface area contributed by atoms with Crippen LogP contribution in [0.25, 0.3) is 0 Å². The standard InChI is InChI=1S/C19H29NO2/c1-3-10-16(2)22-19(21)15-18(17-11-6-4-7-12-17)20-13-8-5-9-14-20/h4,6-7,11-12,16,18H,3,5,8-10,13-15H2,1-2H3/t16-,18-/m0/s1. The Labute approximate surface area is 134 Å². The van der Waals surface area contributed by atoms with Gasteiger partial charge in [-0.15, -0.1) is 0 Å². The van der Waals surface area contributed by atoms with Crippen LogP contribution in [0.4, 0.5) is 0 Å². The Hall–Kier alpha value is -1.35. The number of carbonyl (C=O) groups excluding carboxylic acids is 1. The van der Waals surface area contributed by atoms with E-state index in [0.29, 0.717) is 6.42 Å². The van der Waals surface area contributed by atoms with Crippen molar-refractivity contribution in [1.29, 1.82) is 0 Å². The minimum Gasteiger partial charge on any atom is -0.463 e. The van der Waals surface area contributed by atoms with Crippen LogP contribution in [0.3, 0.4) is 0 Å². The van der Waals surface area contributed by atoms with Gasteiger partial charge in [-0.2, -0.15) is 0 Å². The zero-order chi connectivity index (χ0) is 15.8. The Kier molecular flexibility index (Phi) is 6.91. The average molecular weight is 303 g/mol. The summed E-state index contributed by atoms with van der Waals surface area (Å²) in [6.45, 7) is 6.26. The number of ether oxygens (including phenoxy) is 1. The fourth-order valence-corrected chi connectivity index (χ4v) is 3.26. The maximum atomic E-state index is 12.3. The monoisotopic (exact) mass is 303 g/mol. The predicted octanol–water partition coefficient (Wildman–Crippen LogP) is 4.34. The lowest BCUT2D eigenvalue weighted by molar-refractivity contribution is -0.150. The fraction of sp³-hybridized carbons (Fsp3) is 0.632. The third kappa shape index (κ3) is 5.13. The molecule has 0 aliphatic carbocycles. The van der Waals surface area contributed by atoms with E-state index < -0.39 is 0 Å². The highest BCUT2D eigenvalue weighted by Gasteiger charge is 2.25. The van der Waals surface area contributed by atoms with E-state index in [0.717, 1.165) is 25.9 Å². The van der Waals surface area contributed by atoms with Gasteiger partial charge in [0.1, 0.15) is 0 Å². The Bertz CT molecular complexity index is 440. The van der Waals surface area contributed by atoms with E-state index in [9.17, 15) is 4.79 Å². The second-order valence-corrected chi connectivity index (χ2v) is 6.32. The average Bonchev–Trinajstić information content (AvgIpc) is 2.54. The zero-order valence-electron chi connectivity index (χ0n) is 14.0. The molecule has 122 valence electrons. The number of hydrogen-bond donors (Lipinski definition) is 0. The summed E-state index contributed by atoms with van der Waals surface area (Å²) in [5, 5.41) is 0. The van der Waals surface area contributed by atoms with Gasteiger partial charge < -0.3 is 4.74 Å². The quantitative estimate of drug-likeness (QED) is 0.702. The first-order chi connectivity index (χ1) is 10.7. The second-order valence-electron chi connectivity index (χ2n) is 6.32.